The van der Waals surface area contributed by atoms with E-state index in [4.69, 9.17) is 22.1 Å². The van der Waals surface area contributed by atoms with Crippen LogP contribution in [-0.2, 0) is 6.54 Å². The number of aromatic nitrogens is 2. The molecule has 1 aromatic carbocycles. The first-order chi connectivity index (χ1) is 8.58. The molecule has 0 aliphatic heterocycles. The molecule has 0 saturated carbocycles. The summed E-state index contributed by atoms with van der Waals surface area (Å²) in [6, 6.07) is 7.63. The number of nitrogens with two attached hydrogens (primary N) is 1. The van der Waals surface area contributed by atoms with Crippen LogP contribution in [0.25, 0.3) is 0 Å². The van der Waals surface area contributed by atoms with Gasteiger partial charge in [-0.1, -0.05) is 17.7 Å². The molecule has 0 saturated heterocycles. The molecule has 0 spiro atoms. The first-order valence-electron chi connectivity index (χ1n) is 5.57. The van der Waals surface area contributed by atoms with Gasteiger partial charge >= 0.3 is 6.01 Å². The largest absolute Gasteiger partial charge is 0.423 e. The van der Waals surface area contributed by atoms with E-state index in [0.29, 0.717) is 17.3 Å². The highest BCUT2D eigenvalue weighted by Crippen LogP contribution is 2.28. The van der Waals surface area contributed by atoms with Crippen molar-refractivity contribution in [2.24, 2.45) is 5.73 Å². The minimum atomic E-state index is 0.267. The predicted octanol–water partition coefficient (Wildman–Crippen LogP) is 3.00. The van der Waals surface area contributed by atoms with Crippen LogP contribution in [0.4, 0.5) is 0 Å². The highest BCUT2D eigenvalue weighted by Gasteiger charge is 2.07. The number of benzene rings is 1. The first-order valence-corrected chi connectivity index (χ1v) is 5.95. The van der Waals surface area contributed by atoms with Gasteiger partial charge in [-0.05, 0) is 37.6 Å². The van der Waals surface area contributed by atoms with Gasteiger partial charge in [-0.15, -0.1) is 0 Å². The number of rotatable bonds is 3. The van der Waals surface area contributed by atoms with Crippen LogP contribution < -0.4 is 10.5 Å². The molecule has 0 bridgehead atoms. The molecule has 0 atom stereocenters. The number of hydrogen-bond donors (Lipinski definition) is 1. The molecule has 2 rings (SSSR count). The molecule has 4 nitrogen and oxygen atoms in total. The molecule has 0 fully saturated rings. The Hall–Kier alpha value is -1.65. The molecule has 94 valence electrons. The zero-order valence-electron chi connectivity index (χ0n) is 10.3. The molecule has 0 radical (unpaired) electrons. The Balaban J connectivity index is 2.33. The lowest BCUT2D eigenvalue weighted by molar-refractivity contribution is 0.438. The molecular weight excluding hydrogens is 250 g/mol. The number of halogens is 1. The Morgan fingerprint density at radius 2 is 2.00 bits per heavy atom. The molecule has 5 heteroatoms. The van der Waals surface area contributed by atoms with E-state index in [1.54, 1.807) is 6.07 Å². The van der Waals surface area contributed by atoms with Crippen LogP contribution in [0.15, 0.2) is 24.3 Å². The molecule has 0 unspecified atom stereocenters. The third kappa shape index (κ3) is 2.97. The average Bonchev–Trinajstić information content (AvgIpc) is 2.33. The number of ether oxygens (including phenoxy) is 1. The summed E-state index contributed by atoms with van der Waals surface area (Å²) >= 11 is 6.05. The van der Waals surface area contributed by atoms with Crippen LogP contribution in [-0.4, -0.2) is 9.97 Å². The van der Waals surface area contributed by atoms with Crippen molar-refractivity contribution in [3.63, 3.8) is 0 Å². The summed E-state index contributed by atoms with van der Waals surface area (Å²) in [5, 5.41) is 0.528. The standard InChI is InChI=1S/C13H14ClN3O/c1-8-3-4-11(14)12(5-8)18-13-16-9(2)6-10(7-15)17-13/h3-6H,7,15H2,1-2H3. The summed E-state index contributed by atoms with van der Waals surface area (Å²) in [5.41, 5.74) is 8.17. The van der Waals surface area contributed by atoms with Crippen LogP contribution in [0, 0.1) is 13.8 Å². The van der Waals surface area contributed by atoms with E-state index in [2.05, 4.69) is 9.97 Å². The smallest absolute Gasteiger partial charge is 0.322 e. The lowest BCUT2D eigenvalue weighted by Gasteiger charge is -2.08. The number of nitrogens with zero attached hydrogens (tertiary/aromatic N) is 2. The van der Waals surface area contributed by atoms with Crippen LogP contribution in [0.5, 0.6) is 11.8 Å². The van der Waals surface area contributed by atoms with Gasteiger partial charge in [-0.3, -0.25) is 0 Å². The summed E-state index contributed by atoms with van der Waals surface area (Å²) in [5.74, 6) is 0.547. The summed E-state index contributed by atoms with van der Waals surface area (Å²) in [7, 11) is 0. The molecule has 0 amide bonds. The molecule has 1 aromatic heterocycles. The molecular formula is C13H14ClN3O. The normalized spacial score (nSPS) is 10.4. The fraction of sp³-hybridized carbons (Fsp3) is 0.231. The maximum atomic E-state index is 6.05. The fourth-order valence-electron chi connectivity index (χ4n) is 1.54. The predicted molar refractivity (Wildman–Crippen MR) is 70.9 cm³/mol. The SMILES string of the molecule is Cc1ccc(Cl)c(Oc2nc(C)cc(CN)n2)c1. The number of hydrogen-bond acceptors (Lipinski definition) is 4. The van der Waals surface area contributed by atoms with E-state index < -0.39 is 0 Å². The lowest BCUT2D eigenvalue weighted by atomic mass is 10.2. The minimum Gasteiger partial charge on any atom is -0.423 e. The van der Waals surface area contributed by atoms with Gasteiger partial charge in [0.05, 0.1) is 10.7 Å². The maximum Gasteiger partial charge on any atom is 0.322 e. The quantitative estimate of drug-likeness (QED) is 0.925. The second kappa shape index (κ2) is 5.33. The Kier molecular flexibility index (Phi) is 3.79. The van der Waals surface area contributed by atoms with E-state index in [1.807, 2.05) is 32.0 Å². The van der Waals surface area contributed by atoms with E-state index in [-0.39, 0.29) is 6.01 Å². The topological polar surface area (TPSA) is 61.0 Å². The van der Waals surface area contributed by atoms with Gasteiger partial charge < -0.3 is 10.5 Å². The van der Waals surface area contributed by atoms with E-state index in [9.17, 15) is 0 Å². The van der Waals surface area contributed by atoms with Crippen molar-refractivity contribution in [3.05, 3.63) is 46.2 Å². The zero-order chi connectivity index (χ0) is 13.1. The van der Waals surface area contributed by atoms with Crippen LogP contribution in [0.3, 0.4) is 0 Å². The molecule has 2 aromatic rings. The molecule has 2 N–H and O–H groups in total. The van der Waals surface area contributed by atoms with Crippen molar-refractivity contribution in [1.29, 1.82) is 0 Å². The Bertz CT molecular complexity index is 572. The highest BCUT2D eigenvalue weighted by molar-refractivity contribution is 6.32. The Morgan fingerprint density at radius 3 is 2.72 bits per heavy atom. The van der Waals surface area contributed by atoms with E-state index in [0.717, 1.165) is 17.0 Å². The van der Waals surface area contributed by atoms with Crippen LogP contribution >= 0.6 is 11.6 Å². The lowest BCUT2D eigenvalue weighted by Crippen LogP contribution is -2.03. The zero-order valence-corrected chi connectivity index (χ0v) is 11.0. The van der Waals surface area contributed by atoms with E-state index >= 15 is 0 Å². The molecule has 18 heavy (non-hydrogen) atoms. The first kappa shape index (κ1) is 12.8. The third-order valence-corrected chi connectivity index (χ3v) is 2.70. The maximum absolute atomic E-state index is 6.05. The van der Waals surface area contributed by atoms with Gasteiger partial charge in [0, 0.05) is 12.2 Å². The number of aryl methyl sites for hydroxylation is 2. The van der Waals surface area contributed by atoms with Crippen molar-refractivity contribution >= 4 is 11.6 Å². The summed E-state index contributed by atoms with van der Waals surface area (Å²) < 4.78 is 5.60. The second-order valence-corrected chi connectivity index (χ2v) is 4.43. The van der Waals surface area contributed by atoms with Crippen LogP contribution in [0.2, 0.25) is 5.02 Å². The summed E-state index contributed by atoms with van der Waals surface area (Å²) in [6.07, 6.45) is 0. The van der Waals surface area contributed by atoms with Gasteiger partial charge in [0.15, 0.2) is 0 Å². The Morgan fingerprint density at radius 1 is 1.22 bits per heavy atom. The molecule has 0 aliphatic carbocycles. The summed E-state index contributed by atoms with van der Waals surface area (Å²) in [4.78, 5) is 8.40. The average molecular weight is 264 g/mol. The van der Waals surface area contributed by atoms with Crippen molar-refractivity contribution in [2.45, 2.75) is 20.4 Å². The van der Waals surface area contributed by atoms with Crippen molar-refractivity contribution in [2.75, 3.05) is 0 Å². The van der Waals surface area contributed by atoms with Gasteiger partial charge in [-0.25, -0.2) is 4.98 Å². The van der Waals surface area contributed by atoms with Gasteiger partial charge in [-0.2, -0.15) is 4.98 Å². The fourth-order valence-corrected chi connectivity index (χ4v) is 1.70. The molecule has 1 heterocycles. The van der Waals surface area contributed by atoms with Crippen molar-refractivity contribution in [1.82, 2.24) is 9.97 Å². The van der Waals surface area contributed by atoms with Gasteiger partial charge in [0.2, 0.25) is 0 Å². The van der Waals surface area contributed by atoms with Crippen molar-refractivity contribution < 1.29 is 4.74 Å². The highest BCUT2D eigenvalue weighted by atomic mass is 35.5. The summed E-state index contributed by atoms with van der Waals surface area (Å²) in [6.45, 7) is 4.18. The van der Waals surface area contributed by atoms with Crippen LogP contribution in [0.1, 0.15) is 17.0 Å². The van der Waals surface area contributed by atoms with Gasteiger partial charge in [0.25, 0.3) is 0 Å². The third-order valence-electron chi connectivity index (χ3n) is 2.38. The second-order valence-electron chi connectivity index (χ2n) is 4.02. The Labute approximate surface area is 111 Å². The minimum absolute atomic E-state index is 0.267. The van der Waals surface area contributed by atoms with E-state index in [1.165, 1.54) is 0 Å². The monoisotopic (exact) mass is 263 g/mol. The van der Waals surface area contributed by atoms with Gasteiger partial charge in [0.1, 0.15) is 5.75 Å². The van der Waals surface area contributed by atoms with Crippen molar-refractivity contribution in [3.8, 4) is 11.8 Å². The molecule has 0 aliphatic rings.